The largest absolute Gasteiger partial charge is 0.494 e. The normalized spacial score (nSPS) is 17.1. The summed E-state index contributed by atoms with van der Waals surface area (Å²) in [7, 11) is 2.23. The van der Waals surface area contributed by atoms with Gasteiger partial charge in [0.05, 0.1) is 6.61 Å². The number of piperidine rings is 1. The number of hydrogen-bond acceptors (Lipinski definition) is 3. The molecule has 0 aliphatic carbocycles. The van der Waals surface area contributed by atoms with Crippen molar-refractivity contribution in [2.24, 2.45) is 0 Å². The monoisotopic (exact) mass is 248 g/mol. The molecule has 0 spiro atoms. The maximum atomic E-state index is 5.46. The van der Waals surface area contributed by atoms with E-state index in [1.54, 1.807) is 0 Å². The Hall–Kier alpha value is -1.06. The molecule has 0 bridgehead atoms. The van der Waals surface area contributed by atoms with E-state index in [2.05, 4.69) is 41.5 Å². The van der Waals surface area contributed by atoms with Crippen molar-refractivity contribution < 1.29 is 4.74 Å². The number of hydrogen-bond donors (Lipinski definition) is 1. The first-order valence-electron chi connectivity index (χ1n) is 6.92. The molecule has 1 heterocycles. The molecule has 0 amide bonds. The lowest BCUT2D eigenvalue weighted by molar-refractivity contribution is 0.192. The van der Waals surface area contributed by atoms with Gasteiger partial charge in [0.15, 0.2) is 0 Å². The summed E-state index contributed by atoms with van der Waals surface area (Å²) in [5.74, 6) is 0.964. The lowest BCUT2D eigenvalue weighted by Gasteiger charge is -2.31. The van der Waals surface area contributed by atoms with Gasteiger partial charge >= 0.3 is 0 Å². The predicted molar refractivity (Wildman–Crippen MR) is 75.0 cm³/mol. The number of nitrogens with zero attached hydrogens (tertiary/aromatic N) is 1. The third-order valence-electron chi connectivity index (χ3n) is 3.60. The number of nitrogens with one attached hydrogen (secondary N) is 1. The standard InChI is InChI=1S/C15H24N2O/c1-3-18-15-6-4-13(5-7-15)12-17(2)14-8-10-16-11-9-14/h4-7,14,16H,3,8-12H2,1-2H3. The molecule has 1 aromatic rings. The van der Waals surface area contributed by atoms with E-state index >= 15 is 0 Å². The van der Waals surface area contributed by atoms with Crippen LogP contribution in [0.4, 0.5) is 0 Å². The summed E-state index contributed by atoms with van der Waals surface area (Å²) in [6, 6.07) is 9.19. The van der Waals surface area contributed by atoms with Crippen LogP contribution >= 0.6 is 0 Å². The van der Waals surface area contributed by atoms with E-state index < -0.39 is 0 Å². The van der Waals surface area contributed by atoms with Crippen LogP contribution in [0.1, 0.15) is 25.3 Å². The van der Waals surface area contributed by atoms with E-state index in [9.17, 15) is 0 Å². The second-order valence-electron chi connectivity index (χ2n) is 4.97. The van der Waals surface area contributed by atoms with E-state index in [0.29, 0.717) is 0 Å². The van der Waals surface area contributed by atoms with Gasteiger partial charge in [0, 0.05) is 12.6 Å². The summed E-state index contributed by atoms with van der Waals surface area (Å²) in [5, 5.41) is 3.41. The third-order valence-corrected chi connectivity index (χ3v) is 3.60. The smallest absolute Gasteiger partial charge is 0.119 e. The Morgan fingerprint density at radius 3 is 2.50 bits per heavy atom. The fourth-order valence-corrected chi connectivity index (χ4v) is 2.52. The molecule has 0 atom stereocenters. The zero-order valence-corrected chi connectivity index (χ0v) is 11.5. The average molecular weight is 248 g/mol. The zero-order chi connectivity index (χ0) is 12.8. The Kier molecular flexibility index (Phi) is 5.02. The molecule has 1 fully saturated rings. The molecule has 0 saturated carbocycles. The van der Waals surface area contributed by atoms with Crippen LogP contribution in [0.15, 0.2) is 24.3 Å². The molecule has 1 N–H and O–H groups in total. The van der Waals surface area contributed by atoms with Crippen molar-refractivity contribution in [3.8, 4) is 5.75 Å². The molecule has 3 nitrogen and oxygen atoms in total. The Morgan fingerprint density at radius 2 is 1.89 bits per heavy atom. The SMILES string of the molecule is CCOc1ccc(CN(C)C2CCNCC2)cc1. The Morgan fingerprint density at radius 1 is 1.22 bits per heavy atom. The average Bonchev–Trinajstić information content (AvgIpc) is 2.42. The second-order valence-corrected chi connectivity index (χ2v) is 4.97. The fraction of sp³-hybridized carbons (Fsp3) is 0.600. The predicted octanol–water partition coefficient (Wildman–Crippen LogP) is 2.27. The van der Waals surface area contributed by atoms with Crippen molar-refractivity contribution in [3.05, 3.63) is 29.8 Å². The highest BCUT2D eigenvalue weighted by atomic mass is 16.5. The number of benzene rings is 1. The number of ether oxygens (including phenoxy) is 1. The van der Waals surface area contributed by atoms with Crippen molar-refractivity contribution in [1.82, 2.24) is 10.2 Å². The van der Waals surface area contributed by atoms with Crippen molar-refractivity contribution in [2.75, 3.05) is 26.7 Å². The molecule has 3 heteroatoms. The van der Waals surface area contributed by atoms with Crippen LogP contribution in [0.25, 0.3) is 0 Å². The summed E-state index contributed by atoms with van der Waals surface area (Å²) in [6.07, 6.45) is 2.51. The summed E-state index contributed by atoms with van der Waals surface area (Å²) < 4.78 is 5.46. The Labute approximate surface area is 110 Å². The van der Waals surface area contributed by atoms with E-state index in [0.717, 1.165) is 38.0 Å². The maximum absolute atomic E-state index is 5.46. The first-order chi connectivity index (χ1) is 8.79. The molecule has 1 aromatic carbocycles. The van der Waals surface area contributed by atoms with Crippen LogP contribution in [0.3, 0.4) is 0 Å². The Bertz CT molecular complexity index is 344. The molecule has 1 aliphatic heterocycles. The van der Waals surface area contributed by atoms with Gasteiger partial charge in [-0.1, -0.05) is 12.1 Å². The fourth-order valence-electron chi connectivity index (χ4n) is 2.52. The van der Waals surface area contributed by atoms with Gasteiger partial charge in [-0.05, 0) is 57.6 Å². The lowest BCUT2D eigenvalue weighted by atomic mass is 10.0. The summed E-state index contributed by atoms with van der Waals surface area (Å²) in [6.45, 7) is 6.07. The summed E-state index contributed by atoms with van der Waals surface area (Å²) in [4.78, 5) is 2.47. The van der Waals surface area contributed by atoms with Gasteiger partial charge in [-0.2, -0.15) is 0 Å². The maximum Gasteiger partial charge on any atom is 0.119 e. The van der Waals surface area contributed by atoms with Gasteiger partial charge in [-0.3, -0.25) is 4.90 Å². The van der Waals surface area contributed by atoms with Gasteiger partial charge in [0.2, 0.25) is 0 Å². The molecule has 1 saturated heterocycles. The van der Waals surface area contributed by atoms with Crippen molar-refractivity contribution >= 4 is 0 Å². The molecule has 18 heavy (non-hydrogen) atoms. The molecule has 0 unspecified atom stereocenters. The van der Waals surface area contributed by atoms with E-state index in [-0.39, 0.29) is 0 Å². The zero-order valence-electron chi connectivity index (χ0n) is 11.5. The van der Waals surface area contributed by atoms with E-state index in [4.69, 9.17) is 4.74 Å². The topological polar surface area (TPSA) is 24.5 Å². The molecule has 0 aromatic heterocycles. The van der Waals surface area contributed by atoms with Crippen molar-refractivity contribution in [2.45, 2.75) is 32.4 Å². The second kappa shape index (κ2) is 6.76. The van der Waals surface area contributed by atoms with Gasteiger partial charge in [-0.25, -0.2) is 0 Å². The summed E-state index contributed by atoms with van der Waals surface area (Å²) >= 11 is 0. The summed E-state index contributed by atoms with van der Waals surface area (Å²) in [5.41, 5.74) is 1.36. The van der Waals surface area contributed by atoms with Crippen LogP contribution in [-0.4, -0.2) is 37.7 Å². The van der Waals surface area contributed by atoms with E-state index in [1.807, 2.05) is 6.92 Å². The molecule has 2 rings (SSSR count). The first kappa shape index (κ1) is 13.4. The van der Waals surface area contributed by atoms with Gasteiger partial charge in [0.1, 0.15) is 5.75 Å². The van der Waals surface area contributed by atoms with Crippen LogP contribution in [0, 0.1) is 0 Å². The molecular weight excluding hydrogens is 224 g/mol. The van der Waals surface area contributed by atoms with Gasteiger partial charge in [-0.15, -0.1) is 0 Å². The minimum atomic E-state index is 0.720. The van der Waals surface area contributed by atoms with Gasteiger partial charge < -0.3 is 10.1 Å². The van der Waals surface area contributed by atoms with E-state index in [1.165, 1.54) is 18.4 Å². The minimum Gasteiger partial charge on any atom is -0.494 e. The highest BCUT2D eigenvalue weighted by Gasteiger charge is 2.17. The lowest BCUT2D eigenvalue weighted by Crippen LogP contribution is -2.40. The van der Waals surface area contributed by atoms with Crippen molar-refractivity contribution in [1.29, 1.82) is 0 Å². The molecule has 100 valence electrons. The molecule has 0 radical (unpaired) electrons. The van der Waals surface area contributed by atoms with Crippen LogP contribution in [0.5, 0.6) is 5.75 Å². The van der Waals surface area contributed by atoms with Crippen molar-refractivity contribution in [3.63, 3.8) is 0 Å². The number of rotatable bonds is 5. The third kappa shape index (κ3) is 3.72. The van der Waals surface area contributed by atoms with Crippen LogP contribution < -0.4 is 10.1 Å². The highest BCUT2D eigenvalue weighted by Crippen LogP contribution is 2.16. The quantitative estimate of drug-likeness (QED) is 0.865. The first-order valence-corrected chi connectivity index (χ1v) is 6.92. The molecule has 1 aliphatic rings. The van der Waals surface area contributed by atoms with Crippen LogP contribution in [0.2, 0.25) is 0 Å². The Balaban J connectivity index is 1.87. The molecular formula is C15H24N2O. The highest BCUT2D eigenvalue weighted by molar-refractivity contribution is 5.27. The van der Waals surface area contributed by atoms with Gasteiger partial charge in [0.25, 0.3) is 0 Å². The van der Waals surface area contributed by atoms with Crippen LogP contribution in [-0.2, 0) is 6.54 Å². The minimum absolute atomic E-state index is 0.720.